The first kappa shape index (κ1) is 16.2. The number of nitrogens with zero attached hydrogens (tertiary/aromatic N) is 2. The van der Waals surface area contributed by atoms with Gasteiger partial charge in [-0.15, -0.1) is 24.0 Å². The number of aromatic nitrogens is 1. The van der Waals surface area contributed by atoms with Crippen molar-refractivity contribution in [2.45, 2.75) is 0 Å². The van der Waals surface area contributed by atoms with E-state index in [1.165, 1.54) is 0 Å². The van der Waals surface area contributed by atoms with Crippen molar-refractivity contribution in [2.75, 3.05) is 18.5 Å². The van der Waals surface area contributed by atoms with E-state index in [0.29, 0.717) is 19.1 Å². The number of hydrogen-bond donors (Lipinski definition) is 2. The molecule has 0 aliphatic rings. The summed E-state index contributed by atoms with van der Waals surface area (Å²) in [5, 5.41) is 3.00. The molecule has 0 bridgehead atoms. The van der Waals surface area contributed by atoms with E-state index in [1.54, 1.807) is 12.4 Å². The molecule has 0 aliphatic heterocycles. The molecule has 0 saturated carbocycles. The number of pyridine rings is 1. The van der Waals surface area contributed by atoms with E-state index in [1.807, 2.05) is 42.5 Å². The molecular formula is C14H17IN4O. The van der Waals surface area contributed by atoms with Crippen LogP contribution in [0.1, 0.15) is 0 Å². The molecule has 0 saturated heterocycles. The lowest BCUT2D eigenvalue weighted by molar-refractivity contribution is 0.327. The number of halogens is 1. The third-order valence-corrected chi connectivity index (χ3v) is 2.32. The minimum Gasteiger partial charge on any atom is -0.490 e. The lowest BCUT2D eigenvalue weighted by Gasteiger charge is -2.06. The lowest BCUT2D eigenvalue weighted by atomic mass is 10.3. The number of guanidine groups is 1. The summed E-state index contributed by atoms with van der Waals surface area (Å²) in [6, 6.07) is 13.3. The van der Waals surface area contributed by atoms with Crippen LogP contribution in [0.4, 0.5) is 5.69 Å². The second kappa shape index (κ2) is 9.13. The summed E-state index contributed by atoms with van der Waals surface area (Å²) in [4.78, 5) is 8.13. The van der Waals surface area contributed by atoms with E-state index >= 15 is 0 Å². The summed E-state index contributed by atoms with van der Waals surface area (Å²) in [7, 11) is 0. The summed E-state index contributed by atoms with van der Waals surface area (Å²) in [6.45, 7) is 0.948. The Labute approximate surface area is 135 Å². The van der Waals surface area contributed by atoms with E-state index in [9.17, 15) is 0 Å². The van der Waals surface area contributed by atoms with Gasteiger partial charge in [-0.05, 0) is 24.3 Å². The summed E-state index contributed by atoms with van der Waals surface area (Å²) in [6.07, 6.45) is 3.36. The Morgan fingerprint density at radius 2 is 2.00 bits per heavy atom. The highest BCUT2D eigenvalue weighted by molar-refractivity contribution is 14.0. The number of para-hydroxylation sites is 1. The quantitative estimate of drug-likeness (QED) is 0.360. The van der Waals surface area contributed by atoms with E-state index in [4.69, 9.17) is 10.5 Å². The van der Waals surface area contributed by atoms with Gasteiger partial charge in [-0.1, -0.05) is 18.2 Å². The normalized spacial score (nSPS) is 10.5. The number of benzene rings is 1. The van der Waals surface area contributed by atoms with E-state index in [2.05, 4.69) is 15.3 Å². The maximum atomic E-state index is 5.76. The van der Waals surface area contributed by atoms with Crippen LogP contribution in [0.5, 0.6) is 5.75 Å². The number of anilines is 1. The van der Waals surface area contributed by atoms with Crippen LogP contribution in [0.15, 0.2) is 59.9 Å². The number of nitrogens with two attached hydrogens (primary N) is 1. The fourth-order valence-corrected chi connectivity index (χ4v) is 1.47. The Hall–Kier alpha value is -1.83. The lowest BCUT2D eigenvalue weighted by Crippen LogP contribution is -2.23. The Balaban J connectivity index is 0.00000200. The number of nitrogens with one attached hydrogen (secondary N) is 1. The minimum atomic E-state index is 0. The van der Waals surface area contributed by atoms with Crippen LogP contribution < -0.4 is 15.8 Å². The van der Waals surface area contributed by atoms with E-state index < -0.39 is 0 Å². The van der Waals surface area contributed by atoms with Crippen molar-refractivity contribution in [2.24, 2.45) is 10.7 Å². The van der Waals surface area contributed by atoms with Gasteiger partial charge < -0.3 is 15.8 Å². The van der Waals surface area contributed by atoms with E-state index in [0.717, 1.165) is 11.4 Å². The van der Waals surface area contributed by atoms with Gasteiger partial charge in [0.25, 0.3) is 0 Å². The fraction of sp³-hybridized carbons (Fsp3) is 0.143. The van der Waals surface area contributed by atoms with Gasteiger partial charge in [0.05, 0.1) is 12.7 Å². The van der Waals surface area contributed by atoms with Gasteiger partial charge in [-0.25, -0.2) is 4.99 Å². The van der Waals surface area contributed by atoms with Gasteiger partial charge in [0.1, 0.15) is 12.4 Å². The zero-order chi connectivity index (χ0) is 13.3. The predicted octanol–water partition coefficient (Wildman–Crippen LogP) is 2.51. The molecule has 0 aliphatic carbocycles. The molecule has 0 unspecified atom stereocenters. The first-order valence-corrected chi connectivity index (χ1v) is 5.99. The average Bonchev–Trinajstić information content (AvgIpc) is 2.46. The summed E-state index contributed by atoms with van der Waals surface area (Å²) in [5.74, 6) is 1.10. The molecule has 1 heterocycles. The van der Waals surface area contributed by atoms with Crippen molar-refractivity contribution in [3.05, 3.63) is 54.9 Å². The van der Waals surface area contributed by atoms with Gasteiger partial charge in [0.15, 0.2) is 5.96 Å². The Bertz CT molecular complexity index is 519. The van der Waals surface area contributed by atoms with Gasteiger partial charge in [-0.3, -0.25) is 4.98 Å². The standard InChI is InChI=1S/C14H16N4O.HI/c15-14(18-12-5-2-1-3-6-12)17-9-10-19-13-7-4-8-16-11-13;/h1-8,11H,9-10H2,(H3,15,17,18);1H. The van der Waals surface area contributed by atoms with Crippen LogP contribution in [-0.4, -0.2) is 24.1 Å². The average molecular weight is 384 g/mol. The second-order valence-corrected chi connectivity index (χ2v) is 3.80. The zero-order valence-electron chi connectivity index (χ0n) is 10.9. The van der Waals surface area contributed by atoms with Gasteiger partial charge in [-0.2, -0.15) is 0 Å². The number of ether oxygens (including phenoxy) is 1. The number of rotatable bonds is 5. The topological polar surface area (TPSA) is 72.5 Å². The largest absolute Gasteiger partial charge is 0.490 e. The molecule has 0 spiro atoms. The third kappa shape index (κ3) is 5.87. The zero-order valence-corrected chi connectivity index (χ0v) is 13.2. The number of hydrogen-bond acceptors (Lipinski definition) is 3. The molecule has 0 atom stereocenters. The van der Waals surface area contributed by atoms with Gasteiger partial charge in [0, 0.05) is 11.9 Å². The minimum absolute atomic E-state index is 0. The molecule has 106 valence electrons. The molecule has 20 heavy (non-hydrogen) atoms. The molecule has 3 N–H and O–H groups in total. The highest BCUT2D eigenvalue weighted by Gasteiger charge is 1.94. The molecule has 0 fully saturated rings. The van der Waals surface area contributed by atoms with Crippen LogP contribution in [0.3, 0.4) is 0 Å². The van der Waals surface area contributed by atoms with Crippen LogP contribution >= 0.6 is 24.0 Å². The fourth-order valence-electron chi connectivity index (χ4n) is 1.47. The Morgan fingerprint density at radius 3 is 2.70 bits per heavy atom. The molecule has 2 aromatic rings. The molecule has 2 rings (SSSR count). The SMILES string of the molecule is I.NC(=NCCOc1cccnc1)Nc1ccccc1. The maximum absolute atomic E-state index is 5.76. The van der Waals surface area contributed by atoms with Crippen molar-refractivity contribution in [3.8, 4) is 5.75 Å². The first-order chi connectivity index (χ1) is 9.34. The molecule has 0 radical (unpaired) electrons. The molecule has 5 nitrogen and oxygen atoms in total. The summed E-state index contributed by atoms with van der Waals surface area (Å²) in [5.41, 5.74) is 6.67. The van der Waals surface area contributed by atoms with Crippen molar-refractivity contribution >= 4 is 35.6 Å². The van der Waals surface area contributed by atoms with Crippen LogP contribution in [0.2, 0.25) is 0 Å². The Morgan fingerprint density at radius 1 is 1.20 bits per heavy atom. The molecule has 0 amide bonds. The van der Waals surface area contributed by atoms with Crippen LogP contribution in [0, 0.1) is 0 Å². The molecule has 1 aromatic heterocycles. The highest BCUT2D eigenvalue weighted by Crippen LogP contribution is 2.06. The predicted molar refractivity (Wildman–Crippen MR) is 91.7 cm³/mol. The summed E-state index contributed by atoms with van der Waals surface area (Å²) < 4.78 is 5.45. The van der Waals surface area contributed by atoms with Crippen molar-refractivity contribution < 1.29 is 4.74 Å². The number of aliphatic imine (C=N–C) groups is 1. The van der Waals surface area contributed by atoms with Crippen LogP contribution in [-0.2, 0) is 0 Å². The highest BCUT2D eigenvalue weighted by atomic mass is 127. The maximum Gasteiger partial charge on any atom is 0.193 e. The van der Waals surface area contributed by atoms with Crippen LogP contribution in [0.25, 0.3) is 0 Å². The van der Waals surface area contributed by atoms with Gasteiger partial charge in [0.2, 0.25) is 0 Å². The second-order valence-electron chi connectivity index (χ2n) is 3.80. The van der Waals surface area contributed by atoms with Crippen molar-refractivity contribution in [1.29, 1.82) is 0 Å². The van der Waals surface area contributed by atoms with Gasteiger partial charge >= 0.3 is 0 Å². The summed E-state index contributed by atoms with van der Waals surface area (Å²) >= 11 is 0. The van der Waals surface area contributed by atoms with Crippen molar-refractivity contribution in [3.63, 3.8) is 0 Å². The van der Waals surface area contributed by atoms with E-state index in [-0.39, 0.29) is 24.0 Å². The monoisotopic (exact) mass is 384 g/mol. The molecule has 1 aromatic carbocycles. The Kier molecular flexibility index (Phi) is 7.41. The molecule has 6 heteroatoms. The molecular weight excluding hydrogens is 367 g/mol. The smallest absolute Gasteiger partial charge is 0.193 e. The third-order valence-electron chi connectivity index (χ3n) is 2.32. The van der Waals surface area contributed by atoms with Crippen molar-refractivity contribution in [1.82, 2.24) is 4.98 Å². The first-order valence-electron chi connectivity index (χ1n) is 5.99.